The zero-order valence-corrected chi connectivity index (χ0v) is 33.5. The Balaban J connectivity index is 0.000000214. The average Bonchev–Trinajstić information content (AvgIpc) is 3.44. The molecule has 0 saturated carbocycles. The van der Waals surface area contributed by atoms with Crippen molar-refractivity contribution in [2.75, 3.05) is 14.1 Å². The van der Waals surface area contributed by atoms with E-state index in [2.05, 4.69) is 132 Å². The number of halogens is 2. The molecule has 0 unspecified atom stereocenters. The van der Waals surface area contributed by atoms with Gasteiger partial charge in [0.15, 0.2) is 11.4 Å². The van der Waals surface area contributed by atoms with Crippen LogP contribution in [0.15, 0.2) is 22.1 Å². The summed E-state index contributed by atoms with van der Waals surface area (Å²) in [5.41, 5.74) is 19.1. The summed E-state index contributed by atoms with van der Waals surface area (Å²) in [5.74, 6) is 0. The van der Waals surface area contributed by atoms with Crippen molar-refractivity contribution >= 4 is 45.6 Å². The van der Waals surface area contributed by atoms with E-state index < -0.39 is 20.5 Å². The Morgan fingerprint density at radius 1 is 0.480 bits per heavy atom. The quantitative estimate of drug-likeness (QED) is 0.314. The Kier molecular flexibility index (Phi) is 11.0. The Hall–Kier alpha value is -2.62. The molecule has 0 amide bonds. The molecule has 0 N–H and O–H groups in total. The maximum Gasteiger partial charge on any atom is 0.209 e. The summed E-state index contributed by atoms with van der Waals surface area (Å²) in [6.45, 7) is 31.7. The number of fused-ring (bicyclic) bond motifs is 4. The SMILES string of the molecule is CC1=Nc2c(cc3c(c2C)C(C)(C)C(C)=[N+]3C)C1(C)C.CC1=Nc2c(cc3c(c2C)C(C)(C)C(C)=[N+]3C)C1(C)C.[O-][Cl+3]([O-])([O-])[O-].[O-][Cl+3]([O-])([O-])[O-]. The second kappa shape index (κ2) is 13.1. The van der Waals surface area contributed by atoms with Crippen LogP contribution in [-0.4, -0.2) is 46.1 Å². The van der Waals surface area contributed by atoms with Crippen LogP contribution in [0.25, 0.3) is 0 Å². The molecule has 14 heteroatoms. The van der Waals surface area contributed by atoms with Gasteiger partial charge >= 0.3 is 0 Å². The van der Waals surface area contributed by atoms with Gasteiger partial charge in [-0.1, -0.05) is 27.7 Å². The van der Waals surface area contributed by atoms with Crippen LogP contribution in [0.5, 0.6) is 0 Å². The molecule has 4 aliphatic heterocycles. The topological polar surface area (TPSA) is 215 Å². The van der Waals surface area contributed by atoms with E-state index >= 15 is 0 Å². The van der Waals surface area contributed by atoms with Crippen LogP contribution >= 0.6 is 0 Å². The van der Waals surface area contributed by atoms with Crippen molar-refractivity contribution in [3.8, 4) is 0 Å². The van der Waals surface area contributed by atoms with Gasteiger partial charge in [-0.25, -0.2) is 46.4 Å². The molecule has 0 bridgehead atoms. The molecule has 2 aromatic rings. The van der Waals surface area contributed by atoms with E-state index in [0.29, 0.717) is 0 Å². The zero-order valence-electron chi connectivity index (χ0n) is 32.0. The van der Waals surface area contributed by atoms with Gasteiger partial charge in [-0.15, -0.1) is 20.5 Å². The Bertz CT molecular complexity index is 1730. The minimum Gasteiger partial charge on any atom is -0.257 e. The molecule has 0 atom stereocenters. The molecule has 6 rings (SSSR count). The van der Waals surface area contributed by atoms with Crippen molar-refractivity contribution in [3.05, 3.63) is 45.5 Å². The highest BCUT2D eigenvalue weighted by Crippen LogP contribution is 2.52. The van der Waals surface area contributed by atoms with E-state index in [0.717, 1.165) is 0 Å². The zero-order chi connectivity index (χ0) is 39.1. The van der Waals surface area contributed by atoms with Crippen LogP contribution in [0.2, 0.25) is 0 Å². The fraction of sp³-hybridized carbons (Fsp3) is 0.556. The maximum atomic E-state index is 8.49. The minimum absolute atomic E-state index is 0.0522. The van der Waals surface area contributed by atoms with E-state index in [4.69, 9.17) is 47.3 Å². The number of hydrogen-bond acceptors (Lipinski definition) is 10. The first-order valence-corrected chi connectivity index (χ1v) is 18.5. The number of aliphatic imine (C=N–C) groups is 2. The molecular weight excluding hydrogens is 687 g/mol. The van der Waals surface area contributed by atoms with Gasteiger partial charge in [-0.05, 0) is 77.6 Å². The monoisotopic (exact) mass is 736 g/mol. The van der Waals surface area contributed by atoms with Crippen molar-refractivity contribution in [1.82, 2.24) is 0 Å². The summed E-state index contributed by atoms with van der Waals surface area (Å²) in [6, 6.07) is 4.74. The highest BCUT2D eigenvalue weighted by Gasteiger charge is 2.48. The second-order valence-corrected chi connectivity index (χ2v) is 17.0. The Labute approximate surface area is 300 Å². The summed E-state index contributed by atoms with van der Waals surface area (Å²) < 4.78 is 72.7. The van der Waals surface area contributed by atoms with Gasteiger partial charge in [0.1, 0.15) is 14.1 Å². The lowest BCUT2D eigenvalue weighted by Crippen LogP contribution is -2.68. The molecule has 0 aromatic heterocycles. The minimum atomic E-state index is -4.94. The van der Waals surface area contributed by atoms with Crippen molar-refractivity contribution in [1.29, 1.82) is 0 Å². The first-order chi connectivity index (χ1) is 22.2. The molecule has 0 saturated heterocycles. The number of nitrogens with zero attached hydrogens (tertiary/aromatic N) is 4. The van der Waals surface area contributed by atoms with Gasteiger partial charge in [0.2, 0.25) is 11.4 Å². The number of benzene rings is 2. The van der Waals surface area contributed by atoms with Gasteiger partial charge in [-0.3, -0.25) is 9.98 Å². The molecule has 276 valence electrons. The fourth-order valence-corrected chi connectivity index (χ4v) is 7.49. The lowest BCUT2D eigenvalue weighted by molar-refractivity contribution is -2.00. The average molecular weight is 738 g/mol. The number of rotatable bonds is 0. The van der Waals surface area contributed by atoms with Crippen molar-refractivity contribution in [2.24, 2.45) is 9.98 Å². The summed E-state index contributed by atoms with van der Waals surface area (Å²) >= 11 is 0. The van der Waals surface area contributed by atoms with Crippen molar-refractivity contribution in [2.45, 2.75) is 119 Å². The van der Waals surface area contributed by atoms with Crippen LogP contribution in [0.3, 0.4) is 0 Å². The molecule has 12 nitrogen and oxygen atoms in total. The van der Waals surface area contributed by atoms with Crippen LogP contribution in [0, 0.1) is 34.3 Å². The van der Waals surface area contributed by atoms with E-state index in [-0.39, 0.29) is 21.7 Å². The van der Waals surface area contributed by atoms with E-state index in [1.54, 1.807) is 0 Å². The van der Waals surface area contributed by atoms with Crippen LogP contribution in [-0.2, 0) is 21.7 Å². The largest absolute Gasteiger partial charge is 0.257 e. The van der Waals surface area contributed by atoms with Crippen LogP contribution in [0.4, 0.5) is 22.7 Å². The van der Waals surface area contributed by atoms with E-state index in [9.17, 15) is 0 Å². The van der Waals surface area contributed by atoms with Gasteiger partial charge in [0.25, 0.3) is 0 Å². The Morgan fingerprint density at radius 2 is 0.720 bits per heavy atom. The lowest BCUT2D eigenvalue weighted by Gasteiger charge is -2.22. The number of hydrogen-bond donors (Lipinski definition) is 0. The van der Waals surface area contributed by atoms with Crippen LogP contribution in [0.1, 0.15) is 116 Å². The molecule has 2 aromatic carbocycles. The van der Waals surface area contributed by atoms with Crippen molar-refractivity contribution < 1.29 is 66.9 Å². The Morgan fingerprint density at radius 3 is 0.960 bits per heavy atom. The molecule has 4 aliphatic rings. The third-order valence-electron chi connectivity index (χ3n) is 11.5. The molecule has 50 heavy (non-hydrogen) atoms. The van der Waals surface area contributed by atoms with Gasteiger partial charge in [0.05, 0.1) is 22.2 Å². The van der Waals surface area contributed by atoms with Crippen LogP contribution < -0.4 is 37.3 Å². The molecular formula is C36H50Cl2N4O8. The summed E-state index contributed by atoms with van der Waals surface area (Å²) in [6.07, 6.45) is 0. The molecule has 0 aliphatic carbocycles. The fourth-order valence-electron chi connectivity index (χ4n) is 7.49. The second-order valence-electron chi connectivity index (χ2n) is 15.5. The summed E-state index contributed by atoms with van der Waals surface area (Å²) in [4.78, 5) is 9.77. The lowest BCUT2D eigenvalue weighted by atomic mass is 9.76. The predicted octanol–water partition coefficient (Wildman–Crippen LogP) is -0.703. The van der Waals surface area contributed by atoms with Gasteiger partial charge < -0.3 is 0 Å². The molecule has 0 spiro atoms. The van der Waals surface area contributed by atoms with Crippen molar-refractivity contribution in [3.63, 3.8) is 0 Å². The van der Waals surface area contributed by atoms with E-state index in [1.807, 2.05) is 0 Å². The highest BCUT2D eigenvalue weighted by molar-refractivity contribution is 6.03. The summed E-state index contributed by atoms with van der Waals surface area (Å²) in [5, 5.41) is 0. The maximum absolute atomic E-state index is 8.49. The third-order valence-corrected chi connectivity index (χ3v) is 11.5. The highest BCUT2D eigenvalue weighted by atomic mass is 35.7. The normalized spacial score (nSPS) is 19.9. The standard InChI is InChI=1S/2C18H25N2.2ClHO4/c2*1-10-15-14(20(8)12(3)18(15,6)7)9-13-16(10)19-11(2)17(13,4)5;2*2-1(3,4)5/h2*9H,1-8H3;2*(H,2,3,4,5)/q2*+1;;/p-2. The summed E-state index contributed by atoms with van der Waals surface area (Å²) in [7, 11) is -5.52. The molecule has 0 radical (unpaired) electrons. The first kappa shape index (κ1) is 41.8. The van der Waals surface area contributed by atoms with Gasteiger partial charge in [0, 0.05) is 59.4 Å². The van der Waals surface area contributed by atoms with Gasteiger partial charge in [-0.2, -0.15) is 0 Å². The predicted molar refractivity (Wildman–Crippen MR) is 173 cm³/mol. The third kappa shape index (κ3) is 7.47. The molecule has 0 fully saturated rings. The first-order valence-electron chi connectivity index (χ1n) is 16.1. The molecule has 4 heterocycles. The smallest absolute Gasteiger partial charge is 0.209 e. The van der Waals surface area contributed by atoms with E-state index in [1.165, 1.54) is 79.0 Å².